The molecule has 0 fully saturated rings. The predicted octanol–water partition coefficient (Wildman–Crippen LogP) is 1.67. The van der Waals surface area contributed by atoms with E-state index in [1.807, 2.05) is 0 Å². The number of halogens is 1. The molecule has 0 unspecified atom stereocenters. The van der Waals surface area contributed by atoms with Crippen molar-refractivity contribution in [2.45, 2.75) is 13.2 Å². The van der Waals surface area contributed by atoms with Crippen molar-refractivity contribution in [1.82, 2.24) is 39.2 Å². The van der Waals surface area contributed by atoms with E-state index >= 15 is 0 Å². The minimum atomic E-state index is -0.384. The largest absolute Gasteiger partial charge is 0.485 e. The van der Waals surface area contributed by atoms with Crippen LogP contribution in [-0.2, 0) is 20.2 Å². The molecule has 1 amide bonds. The Morgan fingerprint density at radius 2 is 2.00 bits per heavy atom. The summed E-state index contributed by atoms with van der Waals surface area (Å²) in [4.78, 5) is 18.7. The third kappa shape index (κ3) is 3.43. The molecule has 5 rings (SSSR count). The summed E-state index contributed by atoms with van der Waals surface area (Å²) >= 11 is 0. The molecule has 10 nitrogen and oxygen atoms in total. The number of ether oxygens (including phenoxy) is 1. The standard InChI is InChI=1S/C20H19FN8O2/c1-26-8-9-28-16(20(26)30)11-15(24-28)19-23-17(12-31-14-5-3-4-13(21)10-14)25-29(19)18-6-7-22-27(18)2/h3-7,10-11H,8-9,12H2,1-2H3. The molecule has 0 saturated heterocycles. The Bertz CT molecular complexity index is 1270. The molecule has 4 heterocycles. The van der Waals surface area contributed by atoms with Gasteiger partial charge in [0, 0.05) is 38.8 Å². The van der Waals surface area contributed by atoms with Crippen molar-refractivity contribution < 1.29 is 13.9 Å². The predicted molar refractivity (Wildman–Crippen MR) is 107 cm³/mol. The van der Waals surface area contributed by atoms with E-state index in [9.17, 15) is 9.18 Å². The summed E-state index contributed by atoms with van der Waals surface area (Å²) < 4.78 is 24.0. The van der Waals surface area contributed by atoms with Gasteiger partial charge in [0.2, 0.25) is 0 Å². The number of hydrogen-bond donors (Lipinski definition) is 0. The first kappa shape index (κ1) is 19.0. The first-order valence-corrected chi connectivity index (χ1v) is 9.66. The third-order valence-corrected chi connectivity index (χ3v) is 5.05. The molecule has 0 saturated carbocycles. The van der Waals surface area contributed by atoms with Crippen LogP contribution >= 0.6 is 0 Å². The molecule has 0 aliphatic carbocycles. The zero-order valence-corrected chi connectivity index (χ0v) is 16.9. The van der Waals surface area contributed by atoms with Crippen LogP contribution < -0.4 is 4.74 Å². The van der Waals surface area contributed by atoms with Crippen molar-refractivity contribution in [3.05, 3.63) is 59.9 Å². The maximum atomic E-state index is 13.4. The number of likely N-dealkylation sites (N-methyl/N-ethyl adjacent to an activating group) is 1. The summed E-state index contributed by atoms with van der Waals surface area (Å²) in [6.45, 7) is 1.23. The van der Waals surface area contributed by atoms with Crippen LogP contribution in [0.15, 0.2) is 42.6 Å². The molecule has 3 aromatic heterocycles. The topological polar surface area (TPSA) is 95.9 Å². The summed E-state index contributed by atoms with van der Waals surface area (Å²) in [7, 11) is 3.55. The monoisotopic (exact) mass is 422 g/mol. The van der Waals surface area contributed by atoms with Gasteiger partial charge in [-0.3, -0.25) is 14.2 Å². The molecule has 11 heteroatoms. The number of fused-ring (bicyclic) bond motifs is 1. The molecule has 158 valence electrons. The zero-order chi connectivity index (χ0) is 21.5. The summed E-state index contributed by atoms with van der Waals surface area (Å²) in [6.07, 6.45) is 1.65. The Kier molecular flexibility index (Phi) is 4.50. The van der Waals surface area contributed by atoms with Gasteiger partial charge >= 0.3 is 0 Å². The molecule has 0 spiro atoms. The summed E-state index contributed by atoms with van der Waals surface area (Å²) in [5.74, 6) is 1.42. The van der Waals surface area contributed by atoms with Crippen LogP contribution in [0, 0.1) is 5.82 Å². The quantitative estimate of drug-likeness (QED) is 0.486. The number of rotatable bonds is 5. The Morgan fingerprint density at radius 1 is 1.13 bits per heavy atom. The van der Waals surface area contributed by atoms with E-state index in [1.54, 1.807) is 63.5 Å². The van der Waals surface area contributed by atoms with Crippen LogP contribution in [0.5, 0.6) is 5.75 Å². The number of aromatic nitrogens is 7. The van der Waals surface area contributed by atoms with E-state index < -0.39 is 0 Å². The first-order chi connectivity index (χ1) is 15.0. The Hall–Kier alpha value is -4.02. The fourth-order valence-electron chi connectivity index (χ4n) is 3.43. The second-order valence-corrected chi connectivity index (χ2v) is 7.19. The van der Waals surface area contributed by atoms with Crippen molar-refractivity contribution in [1.29, 1.82) is 0 Å². The maximum absolute atomic E-state index is 13.4. The van der Waals surface area contributed by atoms with Gasteiger partial charge in [0.25, 0.3) is 5.91 Å². The van der Waals surface area contributed by atoms with Gasteiger partial charge in [0.1, 0.15) is 29.6 Å². The van der Waals surface area contributed by atoms with Crippen molar-refractivity contribution in [3.63, 3.8) is 0 Å². The molecule has 31 heavy (non-hydrogen) atoms. The van der Waals surface area contributed by atoms with Gasteiger partial charge in [-0.25, -0.2) is 9.37 Å². The summed E-state index contributed by atoms with van der Waals surface area (Å²) in [6, 6.07) is 9.38. The Morgan fingerprint density at radius 3 is 2.77 bits per heavy atom. The van der Waals surface area contributed by atoms with E-state index in [0.29, 0.717) is 47.7 Å². The lowest BCUT2D eigenvalue weighted by molar-refractivity contribution is 0.0743. The second-order valence-electron chi connectivity index (χ2n) is 7.19. The summed E-state index contributed by atoms with van der Waals surface area (Å²) in [5, 5.41) is 13.3. The van der Waals surface area contributed by atoms with Crippen LogP contribution in [-0.4, -0.2) is 58.7 Å². The van der Waals surface area contributed by atoms with Gasteiger partial charge in [-0.1, -0.05) is 6.07 Å². The highest BCUT2D eigenvalue weighted by Crippen LogP contribution is 2.24. The highest BCUT2D eigenvalue weighted by molar-refractivity contribution is 5.94. The SMILES string of the molecule is CN1CCn2nc(-c3nc(COc4cccc(F)c4)nn3-c3ccnn3C)cc2C1=O. The van der Waals surface area contributed by atoms with Crippen molar-refractivity contribution >= 4 is 5.91 Å². The van der Waals surface area contributed by atoms with Crippen molar-refractivity contribution in [3.8, 4) is 23.1 Å². The van der Waals surface area contributed by atoms with E-state index in [1.165, 1.54) is 12.1 Å². The molecule has 0 atom stereocenters. The number of carbonyl (C=O) groups excluding carboxylic acids is 1. The first-order valence-electron chi connectivity index (χ1n) is 9.66. The van der Waals surface area contributed by atoms with Gasteiger partial charge in [0.05, 0.1) is 12.7 Å². The zero-order valence-electron chi connectivity index (χ0n) is 16.9. The van der Waals surface area contributed by atoms with Crippen LogP contribution in [0.2, 0.25) is 0 Å². The molecule has 0 radical (unpaired) electrons. The molecule has 4 aromatic rings. The third-order valence-electron chi connectivity index (χ3n) is 5.05. The van der Waals surface area contributed by atoms with E-state index in [-0.39, 0.29) is 18.3 Å². The van der Waals surface area contributed by atoms with Gasteiger partial charge in [-0.15, -0.1) is 5.10 Å². The lowest BCUT2D eigenvalue weighted by Gasteiger charge is -2.22. The van der Waals surface area contributed by atoms with Gasteiger partial charge < -0.3 is 9.64 Å². The number of hydrogen-bond acceptors (Lipinski definition) is 6. The smallest absolute Gasteiger partial charge is 0.271 e. The number of aryl methyl sites for hydroxylation is 1. The minimum Gasteiger partial charge on any atom is -0.485 e. The van der Waals surface area contributed by atoms with Crippen molar-refractivity contribution in [2.24, 2.45) is 7.05 Å². The molecule has 1 aliphatic heterocycles. The lowest BCUT2D eigenvalue weighted by atomic mass is 10.2. The molecule has 1 aliphatic rings. The minimum absolute atomic E-state index is 0.0382. The molecule has 0 N–H and O–H groups in total. The van der Waals surface area contributed by atoms with Gasteiger partial charge in [-0.05, 0) is 12.1 Å². The molecular formula is C20H19FN8O2. The van der Waals surface area contributed by atoms with Crippen molar-refractivity contribution in [2.75, 3.05) is 13.6 Å². The fourth-order valence-corrected chi connectivity index (χ4v) is 3.43. The number of amides is 1. The van der Waals surface area contributed by atoms with E-state index in [2.05, 4.69) is 20.3 Å². The average molecular weight is 422 g/mol. The Balaban J connectivity index is 1.53. The average Bonchev–Trinajstić information content (AvgIpc) is 3.47. The van der Waals surface area contributed by atoms with Gasteiger partial charge in [0.15, 0.2) is 17.5 Å². The maximum Gasteiger partial charge on any atom is 0.271 e. The van der Waals surface area contributed by atoms with Crippen LogP contribution in [0.4, 0.5) is 4.39 Å². The number of nitrogens with zero attached hydrogens (tertiary/aromatic N) is 8. The highest BCUT2D eigenvalue weighted by atomic mass is 19.1. The number of carbonyl (C=O) groups is 1. The second kappa shape index (κ2) is 7.35. The normalized spacial score (nSPS) is 13.5. The molecule has 0 bridgehead atoms. The van der Waals surface area contributed by atoms with Gasteiger partial charge in [-0.2, -0.15) is 14.9 Å². The summed E-state index contributed by atoms with van der Waals surface area (Å²) in [5.41, 5.74) is 1.02. The highest BCUT2D eigenvalue weighted by Gasteiger charge is 2.27. The lowest BCUT2D eigenvalue weighted by Crippen LogP contribution is -2.37. The number of benzene rings is 1. The fraction of sp³-hybridized carbons (Fsp3) is 0.250. The van der Waals surface area contributed by atoms with E-state index in [0.717, 1.165) is 0 Å². The van der Waals surface area contributed by atoms with E-state index in [4.69, 9.17) is 4.74 Å². The molecular weight excluding hydrogens is 403 g/mol. The van der Waals surface area contributed by atoms with Crippen LogP contribution in [0.1, 0.15) is 16.3 Å². The van der Waals surface area contributed by atoms with Crippen LogP contribution in [0.25, 0.3) is 17.3 Å². The molecule has 1 aromatic carbocycles. The van der Waals surface area contributed by atoms with Crippen LogP contribution in [0.3, 0.4) is 0 Å². The Labute approximate surface area is 176 Å².